The molecule has 8 nitrogen and oxygen atoms in total. The second-order valence-corrected chi connectivity index (χ2v) is 11.0. The summed E-state index contributed by atoms with van der Waals surface area (Å²) < 4.78 is 23.1. The van der Waals surface area contributed by atoms with Gasteiger partial charge >= 0.3 is 21.1 Å². The van der Waals surface area contributed by atoms with Crippen molar-refractivity contribution in [2.75, 3.05) is 0 Å². The van der Waals surface area contributed by atoms with Crippen molar-refractivity contribution in [1.29, 1.82) is 0 Å². The van der Waals surface area contributed by atoms with E-state index >= 15 is 0 Å². The summed E-state index contributed by atoms with van der Waals surface area (Å²) in [4.78, 5) is 16.7. The SMILES string of the molecule is [Pt+2].[c-]1c(Oc2ccccn2)cccc1-c1[c-]c(Oc2ccccn2)ccc1.c1ccc(Oc2cccc(-c3cccc(Oc4ccccn4)c3)c2)nc1. The number of hydrogen-bond donors (Lipinski definition) is 0. The number of nitrogens with zero attached hydrogens (tertiary/aromatic N) is 4. The molecule has 4 aromatic carbocycles. The molecule has 0 bridgehead atoms. The predicted molar refractivity (Wildman–Crippen MR) is 199 cm³/mol. The molecule has 0 radical (unpaired) electrons. The average molecular weight is 874 g/mol. The molecule has 0 atom stereocenters. The van der Waals surface area contributed by atoms with E-state index in [-0.39, 0.29) is 21.1 Å². The van der Waals surface area contributed by atoms with Crippen molar-refractivity contribution in [3.8, 4) is 68.8 Å². The Morgan fingerprint density at radius 2 is 0.698 bits per heavy atom. The zero-order chi connectivity index (χ0) is 35.2. The maximum atomic E-state index is 5.81. The zero-order valence-electron chi connectivity index (χ0n) is 28.1. The predicted octanol–water partition coefficient (Wildman–Crippen LogP) is 11.1. The minimum absolute atomic E-state index is 0. The van der Waals surface area contributed by atoms with Crippen LogP contribution in [-0.2, 0) is 21.1 Å². The van der Waals surface area contributed by atoms with Crippen LogP contribution in [0.15, 0.2) is 183 Å². The molecule has 4 heterocycles. The molecular weight excluding hydrogens is 844 g/mol. The van der Waals surface area contributed by atoms with Crippen LogP contribution < -0.4 is 18.9 Å². The summed E-state index contributed by atoms with van der Waals surface area (Å²) in [7, 11) is 0. The molecule has 0 fully saturated rings. The van der Waals surface area contributed by atoms with Crippen LogP contribution in [0.2, 0.25) is 0 Å². The summed E-state index contributed by atoms with van der Waals surface area (Å²) in [6.45, 7) is 0. The molecule has 0 aliphatic rings. The smallest absolute Gasteiger partial charge is 0.460 e. The fourth-order valence-corrected chi connectivity index (χ4v) is 4.90. The van der Waals surface area contributed by atoms with Gasteiger partial charge in [-0.1, -0.05) is 48.5 Å². The number of benzene rings is 4. The molecule has 0 saturated heterocycles. The molecule has 0 saturated carbocycles. The molecule has 0 aliphatic heterocycles. The van der Waals surface area contributed by atoms with E-state index in [1.54, 1.807) is 36.9 Å². The molecule has 0 unspecified atom stereocenters. The summed E-state index contributed by atoms with van der Waals surface area (Å²) in [6.07, 6.45) is 6.78. The van der Waals surface area contributed by atoms with Crippen molar-refractivity contribution in [3.05, 3.63) is 195 Å². The first kappa shape index (κ1) is 36.2. The maximum Gasteiger partial charge on any atom is 2.00 e. The molecule has 0 spiro atoms. The van der Waals surface area contributed by atoms with Gasteiger partial charge in [0.1, 0.15) is 11.5 Å². The number of ether oxygens (including phenoxy) is 4. The Hall–Kier alpha value is -6.63. The first-order valence-corrected chi connectivity index (χ1v) is 16.3. The van der Waals surface area contributed by atoms with Gasteiger partial charge in [-0.2, -0.15) is 24.3 Å². The first-order valence-electron chi connectivity index (χ1n) is 16.3. The van der Waals surface area contributed by atoms with E-state index in [1.165, 1.54) is 0 Å². The van der Waals surface area contributed by atoms with Gasteiger partial charge in [0.05, 0.1) is 0 Å². The Balaban J connectivity index is 0.000000178. The van der Waals surface area contributed by atoms with Crippen LogP contribution in [0.1, 0.15) is 0 Å². The minimum atomic E-state index is 0. The van der Waals surface area contributed by atoms with E-state index in [0.717, 1.165) is 33.8 Å². The molecule has 0 amide bonds. The van der Waals surface area contributed by atoms with Crippen LogP contribution >= 0.6 is 0 Å². The Morgan fingerprint density at radius 1 is 0.340 bits per heavy atom. The van der Waals surface area contributed by atoms with E-state index in [9.17, 15) is 0 Å². The van der Waals surface area contributed by atoms with E-state index < -0.39 is 0 Å². The molecule has 9 heteroatoms. The van der Waals surface area contributed by atoms with E-state index in [4.69, 9.17) is 18.9 Å². The fraction of sp³-hybridized carbons (Fsp3) is 0. The zero-order valence-corrected chi connectivity index (χ0v) is 30.3. The van der Waals surface area contributed by atoms with Crippen molar-refractivity contribution in [2.45, 2.75) is 0 Å². The van der Waals surface area contributed by atoms with Crippen molar-refractivity contribution in [2.24, 2.45) is 0 Å². The van der Waals surface area contributed by atoms with Gasteiger partial charge in [-0.15, -0.1) is 24.3 Å². The molecular formula is C44H30N4O4Pt. The quantitative estimate of drug-likeness (QED) is 0.126. The largest absolute Gasteiger partial charge is 2.00 e. The third-order valence-electron chi connectivity index (χ3n) is 7.25. The third kappa shape index (κ3) is 10.7. The van der Waals surface area contributed by atoms with Gasteiger partial charge in [-0.3, -0.25) is 0 Å². The molecule has 8 rings (SSSR count). The van der Waals surface area contributed by atoms with E-state index in [2.05, 4.69) is 32.1 Å². The molecule has 53 heavy (non-hydrogen) atoms. The van der Waals surface area contributed by atoms with Crippen LogP contribution in [0.25, 0.3) is 22.3 Å². The van der Waals surface area contributed by atoms with Crippen LogP contribution in [0.5, 0.6) is 46.5 Å². The molecule has 8 aromatic rings. The van der Waals surface area contributed by atoms with Crippen molar-refractivity contribution < 1.29 is 40.0 Å². The minimum Gasteiger partial charge on any atom is -0.460 e. The van der Waals surface area contributed by atoms with Gasteiger partial charge in [-0.05, 0) is 59.7 Å². The van der Waals surface area contributed by atoms with Gasteiger partial charge in [0.15, 0.2) is 0 Å². The van der Waals surface area contributed by atoms with Crippen LogP contribution in [-0.4, -0.2) is 19.9 Å². The second kappa shape index (κ2) is 18.6. The van der Waals surface area contributed by atoms with Crippen molar-refractivity contribution in [3.63, 3.8) is 0 Å². The average Bonchev–Trinajstić information content (AvgIpc) is 3.20. The van der Waals surface area contributed by atoms with Crippen LogP contribution in [0.4, 0.5) is 0 Å². The normalized spacial score (nSPS) is 10.1. The summed E-state index contributed by atoms with van der Waals surface area (Å²) in [5.41, 5.74) is 3.77. The summed E-state index contributed by atoms with van der Waals surface area (Å²) in [6, 6.07) is 55.8. The third-order valence-corrected chi connectivity index (χ3v) is 7.25. The van der Waals surface area contributed by atoms with Crippen molar-refractivity contribution >= 4 is 0 Å². The van der Waals surface area contributed by atoms with E-state index in [0.29, 0.717) is 35.0 Å². The topological polar surface area (TPSA) is 88.5 Å². The van der Waals surface area contributed by atoms with Gasteiger partial charge in [0, 0.05) is 60.6 Å². The standard InChI is InChI=1S/C22H16N2O2.C22H14N2O2.Pt/c2*1-3-13-23-21(11-1)25-19-9-5-7-17(15-19)18-8-6-10-20(16-18)26-22-12-2-4-14-24-22;/h1-16H;1-14H;/q;-2;+2. The maximum absolute atomic E-state index is 5.81. The Kier molecular flexibility index (Phi) is 12.7. The molecule has 0 N–H and O–H groups in total. The van der Waals surface area contributed by atoms with Gasteiger partial charge in [0.2, 0.25) is 23.5 Å². The van der Waals surface area contributed by atoms with Crippen molar-refractivity contribution in [1.82, 2.24) is 19.9 Å². The van der Waals surface area contributed by atoms with Gasteiger partial charge in [0.25, 0.3) is 0 Å². The van der Waals surface area contributed by atoms with Crippen LogP contribution in [0, 0.1) is 12.1 Å². The fourth-order valence-electron chi connectivity index (χ4n) is 4.90. The summed E-state index contributed by atoms with van der Waals surface area (Å²) >= 11 is 0. The number of hydrogen-bond acceptors (Lipinski definition) is 8. The summed E-state index contributed by atoms with van der Waals surface area (Å²) in [5.74, 6) is 4.83. The second-order valence-electron chi connectivity index (χ2n) is 11.0. The Labute approximate surface area is 322 Å². The Bertz CT molecular complexity index is 1980. The first-order chi connectivity index (χ1) is 25.7. The molecule has 260 valence electrons. The van der Waals surface area contributed by atoms with Crippen LogP contribution in [0.3, 0.4) is 0 Å². The summed E-state index contributed by atoms with van der Waals surface area (Å²) in [5, 5.41) is 0. The van der Waals surface area contributed by atoms with Gasteiger partial charge < -0.3 is 18.9 Å². The molecule has 4 aromatic heterocycles. The number of aromatic nitrogens is 4. The number of pyridine rings is 4. The number of rotatable bonds is 10. The Morgan fingerprint density at radius 3 is 1.06 bits per heavy atom. The van der Waals surface area contributed by atoms with E-state index in [1.807, 2.05) is 146 Å². The molecule has 0 aliphatic carbocycles. The monoisotopic (exact) mass is 873 g/mol. The van der Waals surface area contributed by atoms with Gasteiger partial charge in [-0.25, -0.2) is 31.1 Å².